The molecule has 6 heteroatoms. The van der Waals surface area contributed by atoms with Crippen LogP contribution in [0.4, 0.5) is 4.39 Å². The lowest BCUT2D eigenvalue weighted by Crippen LogP contribution is -2.36. The van der Waals surface area contributed by atoms with E-state index in [1.807, 2.05) is 15.8 Å². The van der Waals surface area contributed by atoms with Gasteiger partial charge in [0.15, 0.2) is 0 Å². The van der Waals surface area contributed by atoms with Gasteiger partial charge in [-0.2, -0.15) is 5.10 Å². The summed E-state index contributed by atoms with van der Waals surface area (Å²) in [6.45, 7) is 7.13. The van der Waals surface area contributed by atoms with Crippen LogP contribution in [-0.4, -0.2) is 51.7 Å². The summed E-state index contributed by atoms with van der Waals surface area (Å²) in [5.74, 6) is -0.216. The summed E-state index contributed by atoms with van der Waals surface area (Å²) >= 11 is 0. The lowest BCUT2D eigenvalue weighted by Gasteiger charge is -2.21. The second-order valence-electron chi connectivity index (χ2n) is 6.52. The summed E-state index contributed by atoms with van der Waals surface area (Å²) < 4.78 is 15.2. The van der Waals surface area contributed by atoms with Crippen LogP contribution in [0.2, 0.25) is 0 Å². The van der Waals surface area contributed by atoms with Crippen LogP contribution in [0.25, 0.3) is 0 Å². The summed E-state index contributed by atoms with van der Waals surface area (Å²) in [6.07, 6.45) is 5.22. The number of aromatic nitrogens is 2. The van der Waals surface area contributed by atoms with Crippen LogP contribution in [0.15, 0.2) is 36.7 Å². The van der Waals surface area contributed by atoms with Crippen LogP contribution >= 0.6 is 0 Å². The van der Waals surface area contributed by atoms with Crippen LogP contribution in [0.5, 0.6) is 0 Å². The van der Waals surface area contributed by atoms with E-state index in [9.17, 15) is 9.18 Å². The van der Waals surface area contributed by atoms with E-state index >= 15 is 0 Å². The van der Waals surface area contributed by atoms with Gasteiger partial charge < -0.3 is 4.90 Å². The first kappa shape index (κ1) is 17.6. The van der Waals surface area contributed by atoms with Crippen molar-refractivity contribution in [1.29, 1.82) is 0 Å². The Kier molecular flexibility index (Phi) is 5.81. The molecule has 0 atom stereocenters. The second kappa shape index (κ2) is 8.25. The van der Waals surface area contributed by atoms with E-state index in [0.29, 0.717) is 0 Å². The number of carbonyl (C=O) groups is 1. The highest BCUT2D eigenvalue weighted by Crippen LogP contribution is 2.11. The van der Waals surface area contributed by atoms with Gasteiger partial charge in [-0.3, -0.25) is 14.4 Å². The first-order chi connectivity index (χ1) is 12.1. The molecule has 0 spiro atoms. The average Bonchev–Trinajstić information content (AvgIpc) is 2.91. The van der Waals surface area contributed by atoms with Crippen LogP contribution in [0.3, 0.4) is 0 Å². The number of hydrogen-bond donors (Lipinski definition) is 0. The minimum Gasteiger partial charge on any atom is -0.341 e. The number of aryl methyl sites for hydroxylation is 1. The molecular formula is C19H25FN4O. The number of hydrogen-bond acceptors (Lipinski definition) is 3. The van der Waals surface area contributed by atoms with Gasteiger partial charge in [0.25, 0.3) is 0 Å². The van der Waals surface area contributed by atoms with E-state index in [2.05, 4.69) is 23.1 Å². The number of benzene rings is 1. The fourth-order valence-corrected chi connectivity index (χ4v) is 3.23. The number of carbonyl (C=O) groups excluding carboxylic acids is 1. The Balaban J connectivity index is 1.53. The third-order valence-corrected chi connectivity index (χ3v) is 4.60. The van der Waals surface area contributed by atoms with Crippen molar-refractivity contribution in [2.24, 2.45) is 0 Å². The first-order valence-electron chi connectivity index (χ1n) is 8.90. The molecular weight excluding hydrogens is 319 g/mol. The van der Waals surface area contributed by atoms with E-state index in [-0.39, 0.29) is 18.1 Å². The van der Waals surface area contributed by atoms with Crippen molar-refractivity contribution in [3.05, 3.63) is 53.6 Å². The van der Waals surface area contributed by atoms with Crippen molar-refractivity contribution in [1.82, 2.24) is 19.6 Å². The van der Waals surface area contributed by atoms with Gasteiger partial charge in [-0.05, 0) is 31.0 Å². The Labute approximate surface area is 148 Å². The zero-order chi connectivity index (χ0) is 17.6. The van der Waals surface area contributed by atoms with Crippen molar-refractivity contribution in [2.45, 2.75) is 32.9 Å². The van der Waals surface area contributed by atoms with Crippen LogP contribution in [0, 0.1) is 5.82 Å². The molecule has 1 saturated heterocycles. The van der Waals surface area contributed by atoms with Gasteiger partial charge in [0.2, 0.25) is 5.91 Å². The Morgan fingerprint density at radius 2 is 2.08 bits per heavy atom. The van der Waals surface area contributed by atoms with Crippen molar-refractivity contribution in [3.63, 3.8) is 0 Å². The molecule has 2 heterocycles. The third kappa shape index (κ3) is 4.89. The molecule has 1 aliphatic heterocycles. The van der Waals surface area contributed by atoms with E-state index in [1.165, 1.54) is 17.7 Å². The number of nitrogens with zero attached hydrogens (tertiary/aromatic N) is 4. The molecule has 0 aliphatic carbocycles. The highest BCUT2D eigenvalue weighted by Gasteiger charge is 2.19. The third-order valence-electron chi connectivity index (χ3n) is 4.60. The van der Waals surface area contributed by atoms with Gasteiger partial charge in [0.05, 0.1) is 12.6 Å². The molecule has 5 nitrogen and oxygen atoms in total. The molecule has 0 bridgehead atoms. The van der Waals surface area contributed by atoms with Crippen LogP contribution < -0.4 is 0 Å². The molecule has 134 valence electrons. The zero-order valence-electron chi connectivity index (χ0n) is 14.7. The first-order valence-corrected chi connectivity index (χ1v) is 8.90. The predicted molar refractivity (Wildman–Crippen MR) is 94.5 cm³/mol. The van der Waals surface area contributed by atoms with Gasteiger partial charge in [-0.1, -0.05) is 12.1 Å². The topological polar surface area (TPSA) is 41.4 Å². The molecule has 3 rings (SSSR count). The predicted octanol–water partition coefficient (Wildman–Crippen LogP) is 2.32. The Bertz CT molecular complexity index is 715. The Morgan fingerprint density at radius 3 is 2.84 bits per heavy atom. The molecule has 1 aromatic heterocycles. The fourth-order valence-electron chi connectivity index (χ4n) is 3.23. The Morgan fingerprint density at radius 1 is 1.20 bits per heavy atom. The van der Waals surface area contributed by atoms with Crippen LogP contribution in [0.1, 0.15) is 24.5 Å². The Hall–Kier alpha value is -2.21. The maximum absolute atomic E-state index is 13.3. The van der Waals surface area contributed by atoms with Gasteiger partial charge in [0, 0.05) is 51.0 Å². The lowest BCUT2D eigenvalue weighted by atomic mass is 10.1. The van der Waals surface area contributed by atoms with Gasteiger partial charge in [0.1, 0.15) is 5.82 Å². The van der Waals surface area contributed by atoms with E-state index in [0.717, 1.165) is 51.3 Å². The van der Waals surface area contributed by atoms with Crippen molar-refractivity contribution >= 4 is 5.91 Å². The summed E-state index contributed by atoms with van der Waals surface area (Å²) in [4.78, 5) is 16.8. The molecule has 1 aromatic carbocycles. The van der Waals surface area contributed by atoms with Crippen molar-refractivity contribution < 1.29 is 9.18 Å². The molecule has 1 fully saturated rings. The summed E-state index contributed by atoms with van der Waals surface area (Å²) in [5.41, 5.74) is 1.94. The van der Waals surface area contributed by atoms with Crippen molar-refractivity contribution in [3.8, 4) is 0 Å². The minimum absolute atomic E-state index is 0.0752. The lowest BCUT2D eigenvalue weighted by molar-refractivity contribution is -0.130. The van der Waals surface area contributed by atoms with E-state index in [4.69, 9.17) is 0 Å². The van der Waals surface area contributed by atoms with Gasteiger partial charge in [-0.25, -0.2) is 4.39 Å². The molecule has 0 radical (unpaired) electrons. The molecule has 1 amide bonds. The molecule has 0 N–H and O–H groups in total. The monoisotopic (exact) mass is 344 g/mol. The fraction of sp³-hybridized carbons (Fsp3) is 0.474. The summed E-state index contributed by atoms with van der Waals surface area (Å²) in [5, 5.41) is 4.32. The molecule has 25 heavy (non-hydrogen) atoms. The smallest absolute Gasteiger partial charge is 0.227 e. The van der Waals surface area contributed by atoms with Crippen molar-refractivity contribution in [2.75, 3.05) is 26.2 Å². The largest absolute Gasteiger partial charge is 0.341 e. The second-order valence-corrected chi connectivity index (χ2v) is 6.52. The maximum atomic E-state index is 13.3. The number of halogens is 1. The van der Waals surface area contributed by atoms with Gasteiger partial charge >= 0.3 is 0 Å². The highest BCUT2D eigenvalue weighted by molar-refractivity contribution is 5.78. The summed E-state index contributed by atoms with van der Waals surface area (Å²) in [7, 11) is 0. The number of rotatable bonds is 5. The van der Waals surface area contributed by atoms with Gasteiger partial charge in [-0.15, -0.1) is 0 Å². The zero-order valence-corrected chi connectivity index (χ0v) is 14.7. The van der Waals surface area contributed by atoms with E-state index < -0.39 is 0 Å². The summed E-state index contributed by atoms with van der Waals surface area (Å²) in [6, 6.07) is 6.29. The quantitative estimate of drug-likeness (QED) is 0.836. The molecule has 0 unspecified atom stereocenters. The average molecular weight is 344 g/mol. The normalized spacial score (nSPS) is 16.0. The molecule has 1 aliphatic rings. The standard InChI is InChI=1S/C19H25FN4O/c1-2-24-15-17(13-21-24)14-22-7-4-8-23(10-9-22)19(25)12-16-5-3-6-18(20)11-16/h3,5-6,11,13,15H,2,4,7-10,12,14H2,1H3. The number of amides is 1. The minimum atomic E-state index is -0.292. The van der Waals surface area contributed by atoms with Crippen LogP contribution in [-0.2, 0) is 24.3 Å². The SMILES string of the molecule is CCn1cc(CN2CCCN(C(=O)Cc3cccc(F)c3)CC2)cn1. The molecule has 0 saturated carbocycles. The maximum Gasteiger partial charge on any atom is 0.227 e. The highest BCUT2D eigenvalue weighted by atomic mass is 19.1. The molecule has 2 aromatic rings. The van der Waals surface area contributed by atoms with E-state index in [1.54, 1.807) is 12.1 Å².